The lowest BCUT2D eigenvalue weighted by Crippen LogP contribution is -2.07. The Balaban J connectivity index is 2.36. The number of rotatable bonds is 1. The predicted molar refractivity (Wildman–Crippen MR) is 67.0 cm³/mol. The van der Waals surface area contributed by atoms with Gasteiger partial charge in [-0.15, -0.1) is 0 Å². The maximum atomic E-state index is 6.30. The highest BCUT2D eigenvalue weighted by molar-refractivity contribution is 6.42. The first-order chi connectivity index (χ1) is 7.20. The maximum Gasteiger partial charge on any atom is 0.0629 e. The van der Waals surface area contributed by atoms with Gasteiger partial charge in [0.1, 0.15) is 0 Å². The Labute approximate surface area is 102 Å². The van der Waals surface area contributed by atoms with Gasteiger partial charge in [0.05, 0.1) is 10.0 Å². The van der Waals surface area contributed by atoms with Crippen molar-refractivity contribution in [2.24, 2.45) is 0 Å². The van der Waals surface area contributed by atoms with Crippen LogP contribution in [0.25, 0.3) is 0 Å². The van der Waals surface area contributed by atoms with E-state index in [4.69, 9.17) is 23.2 Å². The normalized spacial score (nSPS) is 18.1. The molecule has 0 amide bonds. The molecule has 0 saturated heterocycles. The van der Waals surface area contributed by atoms with E-state index in [1.165, 1.54) is 43.2 Å². The van der Waals surface area contributed by atoms with Gasteiger partial charge in [-0.2, -0.15) is 0 Å². The van der Waals surface area contributed by atoms with Crippen LogP contribution in [0.15, 0.2) is 12.1 Å². The highest BCUT2D eigenvalue weighted by Crippen LogP contribution is 2.40. The molecule has 0 spiro atoms. The van der Waals surface area contributed by atoms with Crippen molar-refractivity contribution in [3.63, 3.8) is 0 Å². The smallest absolute Gasteiger partial charge is 0.0629 e. The Morgan fingerprint density at radius 1 is 1.07 bits per heavy atom. The van der Waals surface area contributed by atoms with Crippen LogP contribution in [0.1, 0.15) is 49.1 Å². The fourth-order valence-corrected chi connectivity index (χ4v) is 3.09. The van der Waals surface area contributed by atoms with Gasteiger partial charge in [-0.05, 0) is 42.9 Å². The molecule has 0 bridgehead atoms. The first-order valence-electron chi connectivity index (χ1n) is 5.64. The van der Waals surface area contributed by atoms with Gasteiger partial charge in [0.15, 0.2) is 0 Å². The number of hydrogen-bond acceptors (Lipinski definition) is 0. The molecule has 0 atom stereocenters. The SMILES string of the molecule is Cc1ccc(Cl)c(Cl)c1C1CCCCC1. The van der Waals surface area contributed by atoms with Crippen LogP contribution >= 0.6 is 23.2 Å². The van der Waals surface area contributed by atoms with Gasteiger partial charge in [0, 0.05) is 0 Å². The van der Waals surface area contributed by atoms with E-state index in [0.29, 0.717) is 10.9 Å². The van der Waals surface area contributed by atoms with Crippen molar-refractivity contribution < 1.29 is 0 Å². The summed E-state index contributed by atoms with van der Waals surface area (Å²) in [5.41, 5.74) is 2.58. The first-order valence-corrected chi connectivity index (χ1v) is 6.40. The third kappa shape index (κ3) is 2.32. The van der Waals surface area contributed by atoms with Crippen LogP contribution in [0.2, 0.25) is 10.0 Å². The minimum absolute atomic E-state index is 0.630. The molecule has 1 aromatic rings. The van der Waals surface area contributed by atoms with E-state index in [-0.39, 0.29) is 0 Å². The average molecular weight is 243 g/mol. The summed E-state index contributed by atoms with van der Waals surface area (Å²) in [6.07, 6.45) is 6.55. The van der Waals surface area contributed by atoms with E-state index >= 15 is 0 Å². The first kappa shape index (κ1) is 11.3. The summed E-state index contributed by atoms with van der Waals surface area (Å²) in [5, 5.41) is 1.48. The van der Waals surface area contributed by atoms with Crippen LogP contribution in [-0.4, -0.2) is 0 Å². The van der Waals surface area contributed by atoms with Crippen molar-refractivity contribution in [1.29, 1.82) is 0 Å². The fraction of sp³-hybridized carbons (Fsp3) is 0.538. The summed E-state index contributed by atoms with van der Waals surface area (Å²) >= 11 is 12.4. The molecule has 1 aliphatic rings. The molecule has 15 heavy (non-hydrogen) atoms. The second kappa shape index (κ2) is 4.76. The van der Waals surface area contributed by atoms with Crippen molar-refractivity contribution in [1.82, 2.24) is 0 Å². The quantitative estimate of drug-likeness (QED) is 0.623. The second-order valence-electron chi connectivity index (χ2n) is 4.43. The van der Waals surface area contributed by atoms with Crippen molar-refractivity contribution in [3.8, 4) is 0 Å². The van der Waals surface area contributed by atoms with E-state index in [0.717, 1.165) is 5.02 Å². The van der Waals surface area contributed by atoms with Gasteiger partial charge in [-0.3, -0.25) is 0 Å². The lowest BCUT2D eigenvalue weighted by atomic mass is 9.82. The van der Waals surface area contributed by atoms with Crippen molar-refractivity contribution in [2.75, 3.05) is 0 Å². The molecule has 2 heteroatoms. The summed E-state index contributed by atoms with van der Waals surface area (Å²) in [5.74, 6) is 0.630. The monoisotopic (exact) mass is 242 g/mol. The molecular formula is C13H16Cl2. The van der Waals surface area contributed by atoms with Gasteiger partial charge in [0.2, 0.25) is 0 Å². The maximum absolute atomic E-state index is 6.30. The minimum Gasteiger partial charge on any atom is -0.0827 e. The molecule has 1 fully saturated rings. The van der Waals surface area contributed by atoms with Crippen LogP contribution in [0.5, 0.6) is 0 Å². The highest BCUT2D eigenvalue weighted by Gasteiger charge is 2.20. The van der Waals surface area contributed by atoms with Gasteiger partial charge >= 0.3 is 0 Å². The van der Waals surface area contributed by atoms with E-state index in [1.807, 2.05) is 6.07 Å². The summed E-state index contributed by atoms with van der Waals surface area (Å²) in [4.78, 5) is 0. The third-order valence-corrected chi connectivity index (χ3v) is 4.18. The zero-order chi connectivity index (χ0) is 10.8. The molecular weight excluding hydrogens is 227 g/mol. The number of hydrogen-bond donors (Lipinski definition) is 0. The average Bonchev–Trinajstić information content (AvgIpc) is 2.26. The molecule has 0 unspecified atom stereocenters. The standard InChI is InChI=1S/C13H16Cl2/c1-9-7-8-11(14)13(15)12(9)10-5-3-2-4-6-10/h7-8,10H,2-6H2,1H3. The molecule has 1 aliphatic carbocycles. The molecule has 1 saturated carbocycles. The molecule has 0 radical (unpaired) electrons. The van der Waals surface area contributed by atoms with Crippen LogP contribution < -0.4 is 0 Å². The van der Waals surface area contributed by atoms with E-state index in [2.05, 4.69) is 13.0 Å². The molecule has 82 valence electrons. The summed E-state index contributed by atoms with van der Waals surface area (Å²) < 4.78 is 0. The number of aryl methyl sites for hydroxylation is 1. The van der Waals surface area contributed by atoms with Crippen LogP contribution in [0.3, 0.4) is 0 Å². The van der Waals surface area contributed by atoms with E-state index < -0.39 is 0 Å². The van der Waals surface area contributed by atoms with E-state index in [1.54, 1.807) is 0 Å². The van der Waals surface area contributed by atoms with Crippen molar-refractivity contribution in [3.05, 3.63) is 33.3 Å². The molecule has 0 heterocycles. The minimum atomic E-state index is 0.630. The Morgan fingerprint density at radius 2 is 1.73 bits per heavy atom. The Morgan fingerprint density at radius 3 is 2.40 bits per heavy atom. The van der Waals surface area contributed by atoms with Gasteiger partial charge in [-0.1, -0.05) is 48.5 Å². The van der Waals surface area contributed by atoms with Crippen LogP contribution in [-0.2, 0) is 0 Å². The van der Waals surface area contributed by atoms with Gasteiger partial charge in [-0.25, -0.2) is 0 Å². The third-order valence-electron chi connectivity index (χ3n) is 3.36. The molecule has 0 N–H and O–H groups in total. The number of halogens is 2. The zero-order valence-electron chi connectivity index (χ0n) is 9.02. The largest absolute Gasteiger partial charge is 0.0827 e. The molecule has 1 aromatic carbocycles. The fourth-order valence-electron chi connectivity index (χ4n) is 2.56. The summed E-state index contributed by atoms with van der Waals surface area (Å²) in [6, 6.07) is 3.98. The van der Waals surface area contributed by atoms with E-state index in [9.17, 15) is 0 Å². The Bertz CT molecular complexity index is 352. The Hall–Kier alpha value is -0.200. The van der Waals surface area contributed by atoms with Crippen LogP contribution in [0, 0.1) is 6.92 Å². The lowest BCUT2D eigenvalue weighted by Gasteiger charge is -2.25. The summed E-state index contributed by atoms with van der Waals surface area (Å²) in [6.45, 7) is 2.13. The topological polar surface area (TPSA) is 0 Å². The molecule has 0 aliphatic heterocycles. The molecule has 0 nitrogen and oxygen atoms in total. The van der Waals surface area contributed by atoms with Crippen molar-refractivity contribution >= 4 is 23.2 Å². The second-order valence-corrected chi connectivity index (χ2v) is 5.21. The number of benzene rings is 1. The van der Waals surface area contributed by atoms with Gasteiger partial charge in [0.25, 0.3) is 0 Å². The van der Waals surface area contributed by atoms with Crippen LogP contribution in [0.4, 0.5) is 0 Å². The lowest BCUT2D eigenvalue weighted by molar-refractivity contribution is 0.442. The predicted octanol–water partition coefficient (Wildman–Crippen LogP) is 5.35. The summed E-state index contributed by atoms with van der Waals surface area (Å²) in [7, 11) is 0. The molecule has 0 aromatic heterocycles. The van der Waals surface area contributed by atoms with Crippen molar-refractivity contribution in [2.45, 2.75) is 44.9 Å². The van der Waals surface area contributed by atoms with Gasteiger partial charge < -0.3 is 0 Å². The highest BCUT2D eigenvalue weighted by atomic mass is 35.5. The Kier molecular flexibility index (Phi) is 3.58. The molecule has 2 rings (SSSR count). The zero-order valence-corrected chi connectivity index (χ0v) is 10.5.